The highest BCUT2D eigenvalue weighted by Gasteiger charge is 2.33. The molecule has 2 amide bonds. The molecule has 5 nitrogen and oxygen atoms in total. The summed E-state index contributed by atoms with van der Waals surface area (Å²) in [6.07, 6.45) is 6.88. The maximum absolute atomic E-state index is 12.1. The van der Waals surface area contributed by atoms with Gasteiger partial charge in [-0.05, 0) is 65.0 Å². The summed E-state index contributed by atoms with van der Waals surface area (Å²) in [7, 11) is 1.53. The molecule has 0 unspecified atom stereocenters. The fraction of sp³-hybridized carbons (Fsp3) is 0.250. The van der Waals surface area contributed by atoms with E-state index in [1.807, 2.05) is 6.07 Å². The first-order valence-electron chi connectivity index (χ1n) is 6.71. The van der Waals surface area contributed by atoms with E-state index in [1.165, 1.54) is 12.0 Å². The predicted molar refractivity (Wildman–Crippen MR) is 98.4 cm³/mol. The molecule has 1 aliphatic heterocycles. The zero-order valence-corrected chi connectivity index (χ0v) is 15.6. The molecule has 0 bridgehead atoms. The van der Waals surface area contributed by atoms with E-state index in [9.17, 15) is 9.59 Å². The van der Waals surface area contributed by atoms with Gasteiger partial charge in [-0.1, -0.05) is 5.92 Å². The standard InChI is InChI=1S/C16H14INO4S/c1-4-6-22-14-11(17)7-10(8-12(14)21-3)9-13-15(19)18(5-2)16(20)23-13/h1,7-9H,5-6H2,2-3H3/b13-9+. The number of amides is 2. The molecule has 0 aliphatic carbocycles. The number of hydrogen-bond donors (Lipinski definition) is 0. The van der Waals surface area contributed by atoms with E-state index >= 15 is 0 Å². The van der Waals surface area contributed by atoms with E-state index in [1.54, 1.807) is 19.1 Å². The number of rotatable bonds is 5. The van der Waals surface area contributed by atoms with Crippen LogP contribution in [0.25, 0.3) is 6.08 Å². The number of methoxy groups -OCH3 is 1. The van der Waals surface area contributed by atoms with Gasteiger partial charge in [0.1, 0.15) is 6.61 Å². The summed E-state index contributed by atoms with van der Waals surface area (Å²) in [6.45, 7) is 2.27. The van der Waals surface area contributed by atoms with Crippen molar-refractivity contribution in [3.63, 3.8) is 0 Å². The van der Waals surface area contributed by atoms with E-state index in [0.29, 0.717) is 22.9 Å². The highest BCUT2D eigenvalue weighted by molar-refractivity contribution is 14.1. The number of hydrogen-bond acceptors (Lipinski definition) is 5. The quantitative estimate of drug-likeness (QED) is 0.397. The first-order valence-corrected chi connectivity index (χ1v) is 8.60. The molecule has 120 valence electrons. The molecule has 0 saturated carbocycles. The van der Waals surface area contributed by atoms with Crippen molar-refractivity contribution in [3.05, 3.63) is 26.2 Å². The molecule has 23 heavy (non-hydrogen) atoms. The lowest BCUT2D eigenvalue weighted by molar-refractivity contribution is -0.122. The molecule has 0 spiro atoms. The summed E-state index contributed by atoms with van der Waals surface area (Å²) < 4.78 is 11.6. The third-order valence-corrected chi connectivity index (χ3v) is 4.75. The maximum atomic E-state index is 12.1. The van der Waals surface area contributed by atoms with Gasteiger partial charge in [0.2, 0.25) is 0 Å². The summed E-state index contributed by atoms with van der Waals surface area (Å²) in [5.74, 6) is 3.21. The van der Waals surface area contributed by atoms with Crippen LogP contribution in [0.1, 0.15) is 12.5 Å². The Morgan fingerprint density at radius 1 is 1.43 bits per heavy atom. The second-order valence-corrected chi connectivity index (χ2v) is 6.61. The number of terminal acetylenes is 1. The third-order valence-electron chi connectivity index (χ3n) is 3.04. The van der Waals surface area contributed by atoms with E-state index in [2.05, 4.69) is 28.5 Å². The van der Waals surface area contributed by atoms with Crippen LogP contribution in [-0.4, -0.2) is 36.3 Å². The summed E-state index contributed by atoms with van der Waals surface area (Å²) in [6, 6.07) is 3.59. The smallest absolute Gasteiger partial charge is 0.293 e. The van der Waals surface area contributed by atoms with Gasteiger partial charge in [-0.15, -0.1) is 6.42 Å². The lowest BCUT2D eigenvalue weighted by Crippen LogP contribution is -2.27. The maximum Gasteiger partial charge on any atom is 0.293 e. The number of nitrogens with zero attached hydrogens (tertiary/aromatic N) is 1. The Morgan fingerprint density at radius 3 is 2.74 bits per heavy atom. The molecule has 7 heteroatoms. The average molecular weight is 443 g/mol. The first kappa shape index (κ1) is 17.7. The number of benzene rings is 1. The molecule has 0 N–H and O–H groups in total. The highest BCUT2D eigenvalue weighted by Crippen LogP contribution is 2.37. The third kappa shape index (κ3) is 3.82. The number of carbonyl (C=O) groups excluding carboxylic acids is 2. The molecule has 1 aromatic carbocycles. The minimum absolute atomic E-state index is 0.140. The lowest BCUT2D eigenvalue weighted by atomic mass is 10.2. The van der Waals surface area contributed by atoms with Crippen LogP contribution in [0.4, 0.5) is 4.79 Å². The molecule has 2 rings (SSSR count). The monoisotopic (exact) mass is 443 g/mol. The minimum atomic E-state index is -0.274. The molecular weight excluding hydrogens is 429 g/mol. The molecule has 1 heterocycles. The summed E-state index contributed by atoms with van der Waals surface area (Å²) in [5, 5.41) is -0.251. The van der Waals surface area contributed by atoms with Crippen LogP contribution in [0, 0.1) is 15.9 Å². The molecule has 0 aromatic heterocycles. The second-order valence-electron chi connectivity index (χ2n) is 4.45. The van der Waals surface area contributed by atoms with Crippen molar-refractivity contribution in [3.8, 4) is 23.8 Å². The van der Waals surface area contributed by atoms with Crippen LogP contribution in [0.2, 0.25) is 0 Å². The molecule has 0 radical (unpaired) electrons. The SMILES string of the molecule is C#CCOc1c(I)cc(/C=C2/SC(=O)N(CC)C2=O)cc1OC. The van der Waals surface area contributed by atoms with Crippen LogP contribution < -0.4 is 9.47 Å². The van der Waals surface area contributed by atoms with Gasteiger partial charge in [-0.25, -0.2) is 0 Å². The molecule has 1 aromatic rings. The first-order chi connectivity index (χ1) is 11.0. The number of carbonyl (C=O) groups is 2. The Balaban J connectivity index is 2.37. The summed E-state index contributed by atoms with van der Waals surface area (Å²) in [4.78, 5) is 25.5. The fourth-order valence-electron chi connectivity index (χ4n) is 2.00. The molecule has 0 atom stereocenters. The Labute approximate surface area is 152 Å². The van der Waals surface area contributed by atoms with Crippen LogP contribution in [0.15, 0.2) is 17.0 Å². The zero-order valence-electron chi connectivity index (χ0n) is 12.6. The number of ether oxygens (including phenoxy) is 2. The summed E-state index contributed by atoms with van der Waals surface area (Å²) >= 11 is 3.05. The topological polar surface area (TPSA) is 55.8 Å². The Kier molecular flexibility index (Phi) is 5.96. The Hall–Kier alpha value is -1.66. The molecular formula is C16H14INO4S. The zero-order chi connectivity index (χ0) is 17.0. The molecule has 1 aliphatic rings. The van der Waals surface area contributed by atoms with Gasteiger partial charge < -0.3 is 9.47 Å². The van der Waals surface area contributed by atoms with Crippen LogP contribution in [0.5, 0.6) is 11.5 Å². The van der Waals surface area contributed by atoms with Crippen molar-refractivity contribution < 1.29 is 19.1 Å². The fourth-order valence-corrected chi connectivity index (χ4v) is 3.68. The predicted octanol–water partition coefficient (Wildman–Crippen LogP) is 3.37. The van der Waals surface area contributed by atoms with Crippen LogP contribution in [0.3, 0.4) is 0 Å². The van der Waals surface area contributed by atoms with Crippen molar-refractivity contribution in [2.75, 3.05) is 20.3 Å². The van der Waals surface area contributed by atoms with E-state index < -0.39 is 0 Å². The van der Waals surface area contributed by atoms with Gasteiger partial charge in [0.05, 0.1) is 15.6 Å². The molecule has 1 fully saturated rings. The number of thioether (sulfide) groups is 1. The van der Waals surface area contributed by atoms with Gasteiger partial charge in [0, 0.05) is 6.54 Å². The van der Waals surface area contributed by atoms with Gasteiger partial charge in [0.25, 0.3) is 11.1 Å². The Bertz CT molecular complexity index is 724. The number of halogens is 1. The lowest BCUT2D eigenvalue weighted by Gasteiger charge is -2.12. The largest absolute Gasteiger partial charge is 0.493 e. The van der Waals surface area contributed by atoms with Crippen molar-refractivity contribution in [1.29, 1.82) is 0 Å². The Morgan fingerprint density at radius 2 is 2.17 bits per heavy atom. The van der Waals surface area contributed by atoms with Crippen LogP contribution >= 0.6 is 34.4 Å². The van der Waals surface area contributed by atoms with Gasteiger partial charge in [-0.3, -0.25) is 14.5 Å². The van der Waals surface area contributed by atoms with Gasteiger partial charge >= 0.3 is 0 Å². The van der Waals surface area contributed by atoms with Crippen molar-refractivity contribution in [2.24, 2.45) is 0 Å². The van der Waals surface area contributed by atoms with E-state index in [-0.39, 0.29) is 17.8 Å². The van der Waals surface area contributed by atoms with E-state index in [0.717, 1.165) is 20.9 Å². The molecule has 1 saturated heterocycles. The van der Waals surface area contributed by atoms with Crippen LogP contribution in [-0.2, 0) is 4.79 Å². The normalized spacial score (nSPS) is 15.9. The van der Waals surface area contributed by atoms with Gasteiger partial charge in [-0.2, -0.15) is 0 Å². The minimum Gasteiger partial charge on any atom is -0.493 e. The average Bonchev–Trinajstić information content (AvgIpc) is 2.79. The van der Waals surface area contributed by atoms with Crippen molar-refractivity contribution in [2.45, 2.75) is 6.92 Å². The highest BCUT2D eigenvalue weighted by atomic mass is 127. The van der Waals surface area contributed by atoms with Crippen molar-refractivity contribution in [1.82, 2.24) is 4.90 Å². The number of likely N-dealkylation sites (N-methyl/N-ethyl adjacent to an activating group) is 1. The van der Waals surface area contributed by atoms with E-state index in [4.69, 9.17) is 15.9 Å². The van der Waals surface area contributed by atoms with Crippen molar-refractivity contribution >= 4 is 51.6 Å². The summed E-state index contributed by atoms with van der Waals surface area (Å²) in [5.41, 5.74) is 0.751. The van der Waals surface area contributed by atoms with Gasteiger partial charge in [0.15, 0.2) is 11.5 Å². The number of imide groups is 1. The second kappa shape index (κ2) is 7.75.